The van der Waals surface area contributed by atoms with Crippen LogP contribution < -0.4 is 4.90 Å². The van der Waals surface area contributed by atoms with Crippen LogP contribution in [0, 0.1) is 31.1 Å². The molecule has 1 aromatic carbocycles. The first-order chi connectivity index (χ1) is 9.17. The van der Waals surface area contributed by atoms with E-state index in [0.717, 1.165) is 16.8 Å². The molecule has 0 heterocycles. The summed E-state index contributed by atoms with van der Waals surface area (Å²) < 4.78 is 0. The van der Waals surface area contributed by atoms with E-state index in [2.05, 4.69) is 0 Å². The van der Waals surface area contributed by atoms with Gasteiger partial charge in [-0.25, -0.2) is 0 Å². The van der Waals surface area contributed by atoms with Gasteiger partial charge in [0.1, 0.15) is 0 Å². The molecule has 0 saturated heterocycles. The van der Waals surface area contributed by atoms with Crippen LogP contribution in [0.2, 0.25) is 0 Å². The second kappa shape index (κ2) is 4.62. The average Bonchev–Trinajstić information content (AvgIpc) is 2.90. The molecule has 2 unspecified atom stereocenters. The van der Waals surface area contributed by atoms with Gasteiger partial charge >= 0.3 is 5.97 Å². The van der Waals surface area contributed by atoms with E-state index in [9.17, 15) is 14.7 Å². The number of nitrogens with zero attached hydrogens (tertiary/aromatic N) is 1. The lowest BCUT2D eigenvalue weighted by Crippen LogP contribution is -2.30. The quantitative estimate of drug-likeness (QED) is 0.922. The Labute approximate surface area is 119 Å². The molecular weight excluding hydrogens is 254 g/mol. The maximum Gasteiger partial charge on any atom is 0.307 e. The van der Waals surface area contributed by atoms with E-state index >= 15 is 0 Å². The molecule has 108 valence electrons. The highest BCUT2D eigenvalue weighted by molar-refractivity contribution is 6.01. The topological polar surface area (TPSA) is 57.6 Å². The Kier molecular flexibility index (Phi) is 3.36. The van der Waals surface area contributed by atoms with Gasteiger partial charge in [-0.1, -0.05) is 31.5 Å². The number of rotatable bonds is 3. The minimum Gasteiger partial charge on any atom is -0.481 e. The Morgan fingerprint density at radius 1 is 1.20 bits per heavy atom. The van der Waals surface area contributed by atoms with E-state index in [1.807, 2.05) is 45.9 Å². The lowest BCUT2D eigenvalue weighted by Gasteiger charge is -2.20. The molecule has 20 heavy (non-hydrogen) atoms. The molecule has 4 nitrogen and oxygen atoms in total. The number of anilines is 1. The first kappa shape index (κ1) is 14.6. The van der Waals surface area contributed by atoms with Gasteiger partial charge in [-0.15, -0.1) is 0 Å². The predicted octanol–water partition coefficient (Wildman–Crippen LogP) is 2.62. The third-order valence-electron chi connectivity index (χ3n) is 4.40. The summed E-state index contributed by atoms with van der Waals surface area (Å²) in [5.74, 6) is -2.02. The summed E-state index contributed by atoms with van der Waals surface area (Å²) in [7, 11) is 1.72. The van der Waals surface area contributed by atoms with Gasteiger partial charge in [0.15, 0.2) is 0 Å². The predicted molar refractivity (Wildman–Crippen MR) is 77.7 cm³/mol. The smallest absolute Gasteiger partial charge is 0.307 e. The van der Waals surface area contributed by atoms with Crippen LogP contribution in [0.5, 0.6) is 0 Å². The van der Waals surface area contributed by atoms with Crippen LogP contribution >= 0.6 is 0 Å². The van der Waals surface area contributed by atoms with Gasteiger partial charge in [0, 0.05) is 12.7 Å². The number of hydrogen-bond donors (Lipinski definition) is 1. The van der Waals surface area contributed by atoms with Crippen molar-refractivity contribution in [2.24, 2.45) is 17.3 Å². The van der Waals surface area contributed by atoms with Gasteiger partial charge < -0.3 is 10.0 Å². The third-order valence-corrected chi connectivity index (χ3v) is 4.40. The summed E-state index contributed by atoms with van der Waals surface area (Å²) >= 11 is 0. The molecule has 0 bridgehead atoms. The van der Waals surface area contributed by atoms with Crippen molar-refractivity contribution in [3.05, 3.63) is 29.3 Å². The number of aryl methyl sites for hydroxylation is 2. The highest BCUT2D eigenvalue weighted by Gasteiger charge is 2.66. The molecule has 2 atom stereocenters. The first-order valence-corrected chi connectivity index (χ1v) is 6.75. The maximum absolute atomic E-state index is 12.5. The van der Waals surface area contributed by atoms with Crippen LogP contribution in [0.25, 0.3) is 0 Å². The minimum atomic E-state index is -0.887. The minimum absolute atomic E-state index is 0.116. The molecule has 1 aliphatic rings. The van der Waals surface area contributed by atoms with Crippen molar-refractivity contribution >= 4 is 17.6 Å². The SMILES string of the molecule is Cc1ccc(N(C)C(=O)C2C(C(=O)O)C2(C)C)c(C)c1. The number of aliphatic carboxylic acids is 1. The molecule has 1 saturated carbocycles. The fraction of sp³-hybridized carbons (Fsp3) is 0.500. The average molecular weight is 275 g/mol. The van der Waals surface area contributed by atoms with Crippen LogP contribution in [0.4, 0.5) is 5.69 Å². The van der Waals surface area contributed by atoms with Crippen molar-refractivity contribution in [1.29, 1.82) is 0 Å². The number of carbonyl (C=O) groups excluding carboxylic acids is 1. The number of amides is 1. The van der Waals surface area contributed by atoms with Gasteiger partial charge in [0.25, 0.3) is 0 Å². The van der Waals surface area contributed by atoms with Crippen LogP contribution in [0.3, 0.4) is 0 Å². The van der Waals surface area contributed by atoms with Crippen molar-refractivity contribution < 1.29 is 14.7 Å². The number of benzene rings is 1. The molecule has 1 aromatic rings. The van der Waals surface area contributed by atoms with Crippen LogP contribution in [0.15, 0.2) is 18.2 Å². The summed E-state index contributed by atoms with van der Waals surface area (Å²) in [5, 5.41) is 9.18. The van der Waals surface area contributed by atoms with Crippen molar-refractivity contribution in [3.63, 3.8) is 0 Å². The second-order valence-corrected chi connectivity index (χ2v) is 6.30. The highest BCUT2D eigenvalue weighted by Crippen LogP contribution is 2.59. The summed E-state index contributed by atoms with van der Waals surface area (Å²) in [6.45, 7) is 7.64. The monoisotopic (exact) mass is 275 g/mol. The van der Waals surface area contributed by atoms with E-state index in [-0.39, 0.29) is 5.91 Å². The molecule has 1 N–H and O–H groups in total. The third kappa shape index (κ3) is 2.19. The zero-order chi connectivity index (χ0) is 15.2. The van der Waals surface area contributed by atoms with Gasteiger partial charge in [-0.05, 0) is 30.9 Å². The van der Waals surface area contributed by atoms with Crippen molar-refractivity contribution in [2.45, 2.75) is 27.7 Å². The van der Waals surface area contributed by atoms with E-state index in [1.165, 1.54) is 0 Å². The Balaban J connectivity index is 2.24. The van der Waals surface area contributed by atoms with Gasteiger partial charge in [-0.2, -0.15) is 0 Å². The number of carbonyl (C=O) groups is 2. The molecule has 4 heteroatoms. The molecule has 0 aliphatic heterocycles. The van der Waals surface area contributed by atoms with E-state index in [4.69, 9.17) is 0 Å². The molecule has 0 aromatic heterocycles. The standard InChI is InChI=1S/C16H21NO3/c1-9-6-7-11(10(2)8-9)17(5)14(18)12-13(15(19)20)16(12,3)4/h6-8,12-13H,1-5H3,(H,19,20). The van der Waals surface area contributed by atoms with Crippen molar-refractivity contribution in [3.8, 4) is 0 Å². The molecule has 1 amide bonds. The molecule has 0 radical (unpaired) electrons. The summed E-state index contributed by atoms with van der Waals surface area (Å²) in [5.41, 5.74) is 2.54. The fourth-order valence-electron chi connectivity index (χ4n) is 3.07. The highest BCUT2D eigenvalue weighted by atomic mass is 16.4. The van der Waals surface area contributed by atoms with E-state index in [0.29, 0.717) is 0 Å². The first-order valence-electron chi connectivity index (χ1n) is 6.75. The molecular formula is C16H21NO3. The van der Waals surface area contributed by atoms with Crippen LogP contribution in [-0.2, 0) is 9.59 Å². The largest absolute Gasteiger partial charge is 0.481 e. The Hall–Kier alpha value is -1.84. The van der Waals surface area contributed by atoms with Crippen LogP contribution in [-0.4, -0.2) is 24.0 Å². The van der Waals surface area contributed by atoms with Gasteiger partial charge in [0.05, 0.1) is 11.8 Å². The van der Waals surface area contributed by atoms with E-state index < -0.39 is 23.2 Å². The van der Waals surface area contributed by atoms with Crippen molar-refractivity contribution in [2.75, 3.05) is 11.9 Å². The fourth-order valence-corrected chi connectivity index (χ4v) is 3.07. The molecule has 1 aliphatic carbocycles. The molecule has 1 fully saturated rings. The molecule has 2 rings (SSSR count). The maximum atomic E-state index is 12.5. The van der Waals surface area contributed by atoms with Crippen molar-refractivity contribution in [1.82, 2.24) is 0 Å². The zero-order valence-electron chi connectivity index (χ0n) is 12.6. The lowest BCUT2D eigenvalue weighted by atomic mass is 10.1. The summed E-state index contributed by atoms with van der Waals surface area (Å²) in [6, 6.07) is 5.89. The number of hydrogen-bond acceptors (Lipinski definition) is 2. The Morgan fingerprint density at radius 3 is 2.25 bits per heavy atom. The van der Waals surface area contributed by atoms with Gasteiger partial charge in [-0.3, -0.25) is 9.59 Å². The summed E-state index contributed by atoms with van der Waals surface area (Å²) in [4.78, 5) is 25.3. The Morgan fingerprint density at radius 2 is 1.80 bits per heavy atom. The van der Waals surface area contributed by atoms with Crippen LogP contribution in [0.1, 0.15) is 25.0 Å². The second-order valence-electron chi connectivity index (χ2n) is 6.30. The summed E-state index contributed by atoms with van der Waals surface area (Å²) in [6.07, 6.45) is 0. The zero-order valence-corrected chi connectivity index (χ0v) is 12.6. The molecule has 0 spiro atoms. The Bertz CT molecular complexity index is 577. The van der Waals surface area contributed by atoms with E-state index in [1.54, 1.807) is 11.9 Å². The number of carboxylic acid groups (broad SMARTS) is 1. The normalized spacial score (nSPS) is 23.2. The van der Waals surface area contributed by atoms with Gasteiger partial charge in [0.2, 0.25) is 5.91 Å². The lowest BCUT2D eigenvalue weighted by molar-refractivity contribution is -0.140. The number of carboxylic acids is 1.